The lowest BCUT2D eigenvalue weighted by Crippen LogP contribution is -2.16. The second-order valence-corrected chi connectivity index (χ2v) is 12.0. The lowest BCUT2D eigenvalue weighted by Gasteiger charge is -2.29. The number of fused-ring (bicyclic) bond motifs is 2. The number of para-hydroxylation sites is 2. The number of hydrogen-bond donors (Lipinski definition) is 1. The topological polar surface area (TPSA) is 29.3 Å². The van der Waals surface area contributed by atoms with E-state index in [1.165, 1.54) is 49.4 Å². The molecule has 48 heavy (non-hydrogen) atoms. The van der Waals surface area contributed by atoms with Crippen LogP contribution in [0.4, 0.5) is 17.1 Å². The van der Waals surface area contributed by atoms with Crippen LogP contribution in [0.1, 0.15) is 5.56 Å². The molecule has 0 aliphatic heterocycles. The minimum atomic E-state index is 0.697. The molecule has 0 bridgehead atoms. The molecule has 0 unspecified atom stereocenters. The molecule has 2 N–H and O–H groups in total. The van der Waals surface area contributed by atoms with Gasteiger partial charge in [-0.3, -0.25) is 0 Å². The Morgan fingerprint density at radius 2 is 0.792 bits per heavy atom. The van der Waals surface area contributed by atoms with Gasteiger partial charge in [0, 0.05) is 11.4 Å². The first-order chi connectivity index (χ1) is 23.7. The van der Waals surface area contributed by atoms with Crippen molar-refractivity contribution in [3.8, 4) is 33.4 Å². The SMILES string of the molecule is C=C(c1ccccc1)N(c1ccc(-c2c3ccccc3c(-c3ccc(-c4ccccc4)cc3)c3ccccc23)cc1)c1ccccc1N. The number of nitrogens with two attached hydrogens (primary N) is 1. The maximum absolute atomic E-state index is 6.54. The minimum Gasteiger partial charge on any atom is -0.397 e. The molecule has 0 spiro atoms. The lowest BCUT2D eigenvalue weighted by molar-refractivity contribution is 1.30. The molecule has 0 radical (unpaired) electrons. The van der Waals surface area contributed by atoms with Gasteiger partial charge in [-0.25, -0.2) is 0 Å². The zero-order chi connectivity index (χ0) is 32.5. The zero-order valence-electron chi connectivity index (χ0n) is 26.6. The van der Waals surface area contributed by atoms with Crippen molar-refractivity contribution in [3.63, 3.8) is 0 Å². The highest BCUT2D eigenvalue weighted by atomic mass is 15.2. The number of nitrogen functional groups attached to an aromatic ring is 1. The predicted octanol–water partition coefficient (Wildman–Crippen LogP) is 12.4. The Labute approximate surface area is 281 Å². The molecular formula is C46H34N2. The van der Waals surface area contributed by atoms with E-state index in [0.29, 0.717) is 5.69 Å². The van der Waals surface area contributed by atoms with Gasteiger partial charge in [-0.05, 0) is 84.8 Å². The minimum absolute atomic E-state index is 0.697. The van der Waals surface area contributed by atoms with E-state index >= 15 is 0 Å². The maximum Gasteiger partial charge on any atom is 0.0691 e. The van der Waals surface area contributed by atoms with Gasteiger partial charge in [0.25, 0.3) is 0 Å². The summed E-state index contributed by atoms with van der Waals surface area (Å²) >= 11 is 0. The van der Waals surface area contributed by atoms with E-state index in [1.807, 2.05) is 42.5 Å². The number of rotatable bonds is 7. The van der Waals surface area contributed by atoms with Gasteiger partial charge in [0.2, 0.25) is 0 Å². The highest BCUT2D eigenvalue weighted by Gasteiger charge is 2.19. The average Bonchev–Trinajstić information content (AvgIpc) is 3.16. The molecule has 8 rings (SSSR count). The highest BCUT2D eigenvalue weighted by molar-refractivity contribution is 6.21. The molecule has 0 heterocycles. The molecule has 0 saturated heterocycles. The van der Waals surface area contributed by atoms with Crippen LogP contribution in [0.2, 0.25) is 0 Å². The fourth-order valence-electron chi connectivity index (χ4n) is 6.88. The van der Waals surface area contributed by atoms with Crippen molar-refractivity contribution < 1.29 is 0 Å². The summed E-state index contributed by atoms with van der Waals surface area (Å²) in [7, 11) is 0. The van der Waals surface area contributed by atoms with Crippen LogP contribution < -0.4 is 10.6 Å². The summed E-state index contributed by atoms with van der Waals surface area (Å²) in [5.41, 5.74) is 18.3. The van der Waals surface area contributed by atoms with Gasteiger partial charge < -0.3 is 10.6 Å². The third kappa shape index (κ3) is 5.20. The van der Waals surface area contributed by atoms with Crippen molar-refractivity contribution >= 4 is 44.3 Å². The molecule has 0 fully saturated rings. The van der Waals surface area contributed by atoms with Crippen LogP contribution in [0, 0.1) is 0 Å². The molecule has 0 aliphatic rings. The van der Waals surface area contributed by atoms with Crippen molar-refractivity contribution in [3.05, 3.63) is 194 Å². The Morgan fingerprint density at radius 1 is 0.396 bits per heavy atom. The Balaban J connectivity index is 1.27. The van der Waals surface area contributed by atoms with Crippen LogP contribution in [0.3, 0.4) is 0 Å². The summed E-state index contributed by atoms with van der Waals surface area (Å²) in [5, 5.41) is 4.92. The predicted molar refractivity (Wildman–Crippen MR) is 206 cm³/mol. The second kappa shape index (κ2) is 12.4. The van der Waals surface area contributed by atoms with Gasteiger partial charge in [-0.2, -0.15) is 0 Å². The summed E-state index contributed by atoms with van der Waals surface area (Å²) < 4.78 is 0. The molecule has 2 nitrogen and oxygen atoms in total. The Morgan fingerprint density at radius 3 is 1.31 bits per heavy atom. The molecule has 0 atom stereocenters. The van der Waals surface area contributed by atoms with E-state index in [-0.39, 0.29) is 0 Å². The van der Waals surface area contributed by atoms with Gasteiger partial charge in [-0.1, -0.05) is 164 Å². The molecular weight excluding hydrogens is 581 g/mol. The first kappa shape index (κ1) is 29.1. The molecule has 2 heteroatoms. The van der Waals surface area contributed by atoms with Gasteiger partial charge in [0.15, 0.2) is 0 Å². The number of benzene rings is 8. The third-order valence-electron chi connectivity index (χ3n) is 9.18. The van der Waals surface area contributed by atoms with Crippen molar-refractivity contribution in [1.82, 2.24) is 0 Å². The summed E-state index contributed by atoms with van der Waals surface area (Å²) in [5.74, 6) is 0. The monoisotopic (exact) mass is 614 g/mol. The van der Waals surface area contributed by atoms with Crippen molar-refractivity contribution in [1.29, 1.82) is 0 Å². The van der Waals surface area contributed by atoms with Gasteiger partial charge in [0.1, 0.15) is 0 Å². The molecule has 8 aromatic carbocycles. The number of hydrogen-bond acceptors (Lipinski definition) is 2. The van der Waals surface area contributed by atoms with E-state index in [4.69, 9.17) is 5.73 Å². The quantitative estimate of drug-likeness (QED) is 0.143. The number of anilines is 3. The number of nitrogens with zero attached hydrogens (tertiary/aromatic N) is 1. The van der Waals surface area contributed by atoms with Crippen molar-refractivity contribution in [2.24, 2.45) is 0 Å². The molecule has 8 aromatic rings. The first-order valence-corrected chi connectivity index (χ1v) is 16.3. The zero-order valence-corrected chi connectivity index (χ0v) is 26.6. The van der Waals surface area contributed by atoms with E-state index < -0.39 is 0 Å². The fraction of sp³-hybridized carbons (Fsp3) is 0. The first-order valence-electron chi connectivity index (χ1n) is 16.3. The summed E-state index contributed by atoms with van der Waals surface area (Å²) in [6.07, 6.45) is 0. The van der Waals surface area contributed by atoms with Gasteiger partial charge >= 0.3 is 0 Å². The second-order valence-electron chi connectivity index (χ2n) is 12.0. The smallest absolute Gasteiger partial charge is 0.0691 e. The van der Waals surface area contributed by atoms with Crippen LogP contribution in [-0.4, -0.2) is 0 Å². The van der Waals surface area contributed by atoms with Crippen LogP contribution in [-0.2, 0) is 0 Å². The molecule has 0 saturated carbocycles. The summed E-state index contributed by atoms with van der Waals surface area (Å²) in [4.78, 5) is 2.15. The van der Waals surface area contributed by atoms with Crippen LogP contribution in [0.5, 0.6) is 0 Å². The normalized spacial score (nSPS) is 11.1. The third-order valence-corrected chi connectivity index (χ3v) is 9.18. The molecule has 0 amide bonds. The molecule has 0 aliphatic carbocycles. The molecule has 0 aromatic heterocycles. The Hall–Kier alpha value is -6.38. The largest absolute Gasteiger partial charge is 0.397 e. The Kier molecular flexibility index (Phi) is 7.52. The van der Waals surface area contributed by atoms with E-state index in [2.05, 4.69) is 151 Å². The Bertz CT molecular complexity index is 2330. The average molecular weight is 615 g/mol. The van der Waals surface area contributed by atoms with Crippen LogP contribution in [0.25, 0.3) is 60.6 Å². The maximum atomic E-state index is 6.54. The molecule has 228 valence electrons. The standard InChI is InChI=1S/C46H34N2/c1-32(33-14-4-2-5-15-33)48(44-23-13-12-22-43(44)47)38-30-28-37(29-31-38)46-41-20-10-8-18-39(41)45(40-19-9-11-21-42(40)46)36-26-24-35(25-27-36)34-16-6-3-7-17-34/h2-31H,1,47H2. The lowest BCUT2D eigenvalue weighted by atomic mass is 9.85. The van der Waals surface area contributed by atoms with Gasteiger partial charge in [-0.15, -0.1) is 0 Å². The van der Waals surface area contributed by atoms with E-state index in [0.717, 1.165) is 28.2 Å². The van der Waals surface area contributed by atoms with Crippen LogP contribution >= 0.6 is 0 Å². The summed E-state index contributed by atoms with van der Waals surface area (Å²) in [6, 6.07) is 64.1. The summed E-state index contributed by atoms with van der Waals surface area (Å²) in [6.45, 7) is 4.51. The van der Waals surface area contributed by atoms with Crippen molar-refractivity contribution in [2.45, 2.75) is 0 Å². The van der Waals surface area contributed by atoms with Crippen molar-refractivity contribution in [2.75, 3.05) is 10.6 Å². The van der Waals surface area contributed by atoms with E-state index in [9.17, 15) is 0 Å². The van der Waals surface area contributed by atoms with E-state index in [1.54, 1.807) is 0 Å². The highest BCUT2D eigenvalue weighted by Crippen LogP contribution is 2.45. The fourth-order valence-corrected chi connectivity index (χ4v) is 6.88. The van der Waals surface area contributed by atoms with Gasteiger partial charge in [0.05, 0.1) is 11.4 Å². The van der Waals surface area contributed by atoms with Crippen LogP contribution in [0.15, 0.2) is 189 Å².